The molecule has 160 valence electrons. The fraction of sp³-hybridized carbons (Fsp3) is 0.160. The number of ether oxygens (including phenoxy) is 1. The molecule has 0 aliphatic rings. The average Bonchev–Trinajstić information content (AvgIpc) is 3.43. The topological polar surface area (TPSA) is 76.1 Å². The van der Waals surface area contributed by atoms with Gasteiger partial charge in [0.2, 0.25) is 0 Å². The van der Waals surface area contributed by atoms with Gasteiger partial charge in [-0.15, -0.1) is 11.3 Å². The average molecular weight is 463 g/mol. The fourth-order valence-electron chi connectivity index (χ4n) is 3.01. The van der Waals surface area contributed by atoms with E-state index in [1.165, 1.54) is 11.3 Å². The second-order valence-electron chi connectivity index (χ2n) is 7.55. The zero-order valence-corrected chi connectivity index (χ0v) is 19.0. The lowest BCUT2D eigenvalue weighted by Gasteiger charge is -2.09. The minimum atomic E-state index is -0.472. The summed E-state index contributed by atoms with van der Waals surface area (Å²) in [5.74, 6) is 0.812. The number of nitriles is 1. The number of esters is 1. The Kier molecular flexibility index (Phi) is 6.40. The number of para-hydroxylation sites is 1. The molecule has 0 radical (unpaired) electrons. The number of carbonyl (C=O) groups excluding carboxylic acids is 1. The van der Waals surface area contributed by atoms with Gasteiger partial charge in [-0.05, 0) is 48.4 Å². The molecule has 0 saturated carbocycles. The Hall–Kier alpha value is -3.40. The van der Waals surface area contributed by atoms with Crippen LogP contribution in [0.1, 0.15) is 35.0 Å². The van der Waals surface area contributed by atoms with E-state index in [0.717, 1.165) is 10.2 Å². The van der Waals surface area contributed by atoms with Crippen molar-refractivity contribution in [1.29, 1.82) is 5.26 Å². The van der Waals surface area contributed by atoms with E-state index in [-0.39, 0.29) is 11.5 Å². The molecule has 2 heterocycles. The number of thiazole rings is 1. The molecule has 0 unspecified atom stereocenters. The molecule has 0 aliphatic heterocycles. The van der Waals surface area contributed by atoms with E-state index in [1.54, 1.807) is 36.4 Å². The number of carbonyl (C=O) groups is 1. The van der Waals surface area contributed by atoms with Gasteiger partial charge in [0.25, 0.3) is 0 Å². The lowest BCUT2D eigenvalue weighted by molar-refractivity contribution is 0.0459. The largest absolute Gasteiger partial charge is 0.462 e. The number of aromatic nitrogens is 1. The summed E-state index contributed by atoms with van der Waals surface area (Å²) < 4.78 is 12.2. The molecule has 4 aromatic rings. The summed E-state index contributed by atoms with van der Waals surface area (Å²) in [7, 11) is 0. The Bertz CT molecular complexity index is 1330. The van der Waals surface area contributed by atoms with Crippen LogP contribution >= 0.6 is 22.9 Å². The Morgan fingerprint density at radius 3 is 2.81 bits per heavy atom. The van der Waals surface area contributed by atoms with Gasteiger partial charge >= 0.3 is 5.97 Å². The third-order valence-corrected chi connectivity index (χ3v) is 5.98. The van der Waals surface area contributed by atoms with Crippen LogP contribution < -0.4 is 0 Å². The Morgan fingerprint density at radius 2 is 2.06 bits per heavy atom. The van der Waals surface area contributed by atoms with Crippen LogP contribution in [0.25, 0.3) is 33.2 Å². The second kappa shape index (κ2) is 9.39. The molecule has 0 aliphatic carbocycles. The van der Waals surface area contributed by atoms with Gasteiger partial charge in [0.1, 0.15) is 22.6 Å². The van der Waals surface area contributed by atoms with E-state index in [4.69, 9.17) is 20.8 Å². The summed E-state index contributed by atoms with van der Waals surface area (Å²) in [4.78, 5) is 16.9. The third kappa shape index (κ3) is 4.75. The molecule has 0 fully saturated rings. The van der Waals surface area contributed by atoms with Gasteiger partial charge in [-0.25, -0.2) is 9.78 Å². The van der Waals surface area contributed by atoms with Gasteiger partial charge in [0, 0.05) is 11.6 Å². The molecule has 2 aromatic carbocycles. The number of allylic oxidation sites excluding steroid dienone is 1. The standard InChI is InChI=1S/C25H19ClN2O3S/c1-15(2)14-30-25(29)19-12-16(7-9-20(19)26)22-10-8-18(31-22)11-17(13-27)24-28-21-5-3-4-6-23(21)32-24/h3-12,15H,14H2,1-2H3/b17-11-. The predicted octanol–water partition coefficient (Wildman–Crippen LogP) is 7.09. The van der Waals surface area contributed by atoms with Gasteiger partial charge < -0.3 is 9.15 Å². The van der Waals surface area contributed by atoms with Crippen molar-refractivity contribution < 1.29 is 13.9 Å². The molecular weight excluding hydrogens is 444 g/mol. The van der Waals surface area contributed by atoms with E-state index < -0.39 is 5.97 Å². The highest BCUT2D eigenvalue weighted by Gasteiger charge is 2.16. The lowest BCUT2D eigenvalue weighted by Crippen LogP contribution is -2.10. The minimum absolute atomic E-state index is 0.227. The van der Waals surface area contributed by atoms with E-state index in [9.17, 15) is 10.1 Å². The van der Waals surface area contributed by atoms with Gasteiger partial charge in [-0.1, -0.05) is 37.6 Å². The summed E-state index contributed by atoms with van der Waals surface area (Å²) in [5, 5.41) is 10.6. The Morgan fingerprint density at radius 1 is 1.25 bits per heavy atom. The van der Waals surface area contributed by atoms with Gasteiger partial charge in [0.15, 0.2) is 0 Å². The highest BCUT2D eigenvalue weighted by Crippen LogP contribution is 2.31. The maximum absolute atomic E-state index is 12.4. The van der Waals surface area contributed by atoms with E-state index in [2.05, 4.69) is 11.1 Å². The van der Waals surface area contributed by atoms with E-state index in [0.29, 0.717) is 39.3 Å². The van der Waals surface area contributed by atoms with Crippen molar-refractivity contribution in [3.8, 4) is 17.4 Å². The first kappa shape index (κ1) is 21.8. The smallest absolute Gasteiger partial charge is 0.339 e. The number of rotatable bonds is 6. The summed E-state index contributed by atoms with van der Waals surface area (Å²) in [6.07, 6.45) is 1.66. The van der Waals surface area contributed by atoms with Crippen LogP contribution in [0.2, 0.25) is 5.02 Å². The molecule has 0 spiro atoms. The molecule has 0 N–H and O–H groups in total. The zero-order chi connectivity index (χ0) is 22.7. The highest BCUT2D eigenvalue weighted by molar-refractivity contribution is 7.19. The van der Waals surface area contributed by atoms with Crippen molar-refractivity contribution in [1.82, 2.24) is 4.98 Å². The summed E-state index contributed by atoms with van der Waals surface area (Å²) in [6, 6.07) is 18.6. The number of furan rings is 1. The summed E-state index contributed by atoms with van der Waals surface area (Å²) in [6.45, 7) is 4.25. The predicted molar refractivity (Wildman–Crippen MR) is 127 cm³/mol. The van der Waals surface area contributed by atoms with E-state index >= 15 is 0 Å². The van der Waals surface area contributed by atoms with Crippen molar-refractivity contribution in [3.05, 3.63) is 76.0 Å². The highest BCUT2D eigenvalue weighted by atomic mass is 35.5. The monoisotopic (exact) mass is 462 g/mol. The Balaban J connectivity index is 1.61. The first-order valence-electron chi connectivity index (χ1n) is 9.99. The number of hydrogen-bond acceptors (Lipinski definition) is 6. The van der Waals surface area contributed by atoms with Gasteiger partial charge in [-0.2, -0.15) is 5.26 Å². The maximum atomic E-state index is 12.4. The lowest BCUT2D eigenvalue weighted by atomic mass is 10.1. The van der Waals surface area contributed by atoms with Gasteiger partial charge in [0.05, 0.1) is 33.0 Å². The number of benzene rings is 2. The molecule has 0 bridgehead atoms. The molecule has 32 heavy (non-hydrogen) atoms. The fourth-order valence-corrected chi connectivity index (χ4v) is 4.14. The van der Waals surface area contributed by atoms with Crippen molar-refractivity contribution in [3.63, 3.8) is 0 Å². The molecule has 0 amide bonds. The zero-order valence-electron chi connectivity index (χ0n) is 17.5. The second-order valence-corrected chi connectivity index (χ2v) is 8.98. The minimum Gasteiger partial charge on any atom is -0.462 e. The van der Waals surface area contributed by atoms with Crippen molar-refractivity contribution in [2.75, 3.05) is 6.61 Å². The number of nitrogens with zero attached hydrogens (tertiary/aromatic N) is 2. The molecule has 7 heteroatoms. The van der Waals surface area contributed by atoms with Crippen LogP contribution in [-0.2, 0) is 4.74 Å². The molecular formula is C25H19ClN2O3S. The van der Waals surface area contributed by atoms with Crippen LogP contribution in [-0.4, -0.2) is 17.6 Å². The van der Waals surface area contributed by atoms with E-state index in [1.807, 2.05) is 38.1 Å². The first-order chi connectivity index (χ1) is 15.4. The summed E-state index contributed by atoms with van der Waals surface area (Å²) in [5.41, 5.74) is 2.24. The van der Waals surface area contributed by atoms with Crippen molar-refractivity contribution in [2.24, 2.45) is 5.92 Å². The van der Waals surface area contributed by atoms with Crippen LogP contribution in [0, 0.1) is 17.2 Å². The SMILES string of the molecule is CC(C)COC(=O)c1cc(-c2ccc(/C=C(/C#N)c3nc4ccccc4s3)o2)ccc1Cl. The molecule has 5 nitrogen and oxygen atoms in total. The normalized spacial score (nSPS) is 11.7. The number of fused-ring (bicyclic) bond motifs is 1. The summed E-state index contributed by atoms with van der Waals surface area (Å²) >= 11 is 7.66. The number of hydrogen-bond donors (Lipinski definition) is 0. The van der Waals surface area contributed by atoms with Crippen LogP contribution in [0.3, 0.4) is 0 Å². The van der Waals surface area contributed by atoms with Gasteiger partial charge in [-0.3, -0.25) is 0 Å². The molecule has 0 saturated heterocycles. The molecule has 2 aromatic heterocycles. The quantitative estimate of drug-likeness (QED) is 0.226. The Labute approximate surface area is 194 Å². The first-order valence-corrected chi connectivity index (χ1v) is 11.2. The van der Waals surface area contributed by atoms with Crippen LogP contribution in [0.4, 0.5) is 0 Å². The molecule has 4 rings (SSSR count). The molecule has 0 atom stereocenters. The third-order valence-electron chi connectivity index (χ3n) is 4.58. The number of halogens is 1. The van der Waals surface area contributed by atoms with Crippen molar-refractivity contribution in [2.45, 2.75) is 13.8 Å². The van der Waals surface area contributed by atoms with Crippen LogP contribution in [0.15, 0.2) is 59.0 Å². The van der Waals surface area contributed by atoms with Crippen molar-refractivity contribution >= 4 is 50.8 Å². The van der Waals surface area contributed by atoms with Crippen LogP contribution in [0.5, 0.6) is 0 Å². The maximum Gasteiger partial charge on any atom is 0.339 e.